The van der Waals surface area contributed by atoms with Gasteiger partial charge in [0.1, 0.15) is 0 Å². The summed E-state index contributed by atoms with van der Waals surface area (Å²) in [5.41, 5.74) is 3.34. The smallest absolute Gasteiger partial charge is 0.0640 e. The van der Waals surface area contributed by atoms with Crippen molar-refractivity contribution >= 4 is 23.0 Å². The molecule has 1 N–H and O–H groups in total. The number of nitrogens with zero attached hydrogens (tertiary/aromatic N) is 3. The van der Waals surface area contributed by atoms with Gasteiger partial charge < -0.3 is 10.2 Å². The molecule has 0 spiro atoms. The van der Waals surface area contributed by atoms with Crippen LogP contribution in [0.3, 0.4) is 0 Å². The fourth-order valence-corrected chi connectivity index (χ4v) is 2.20. The highest BCUT2D eigenvalue weighted by molar-refractivity contribution is 6.33. The first-order chi connectivity index (χ1) is 9.06. The maximum Gasteiger partial charge on any atom is 0.0640 e. The summed E-state index contributed by atoms with van der Waals surface area (Å²) < 4.78 is 1.82. The third-order valence-corrected chi connectivity index (χ3v) is 3.25. The molecule has 0 atom stereocenters. The maximum atomic E-state index is 6.14. The van der Waals surface area contributed by atoms with Crippen LogP contribution in [0.2, 0.25) is 5.02 Å². The number of nitrogens with one attached hydrogen (secondary N) is 1. The van der Waals surface area contributed by atoms with Gasteiger partial charge in [0.15, 0.2) is 0 Å². The monoisotopic (exact) mass is 278 g/mol. The molecule has 2 aromatic rings. The van der Waals surface area contributed by atoms with Gasteiger partial charge in [-0.2, -0.15) is 5.10 Å². The molecule has 0 saturated carbocycles. The average molecular weight is 279 g/mol. The van der Waals surface area contributed by atoms with E-state index in [0.29, 0.717) is 0 Å². The van der Waals surface area contributed by atoms with Crippen LogP contribution in [0.1, 0.15) is 5.56 Å². The van der Waals surface area contributed by atoms with E-state index < -0.39 is 0 Å². The third kappa shape index (κ3) is 3.64. The van der Waals surface area contributed by atoms with Gasteiger partial charge in [-0.05, 0) is 30.2 Å². The van der Waals surface area contributed by atoms with E-state index in [1.54, 1.807) is 0 Å². The number of benzene rings is 1. The van der Waals surface area contributed by atoms with E-state index in [1.807, 2.05) is 55.3 Å². The number of halogens is 1. The predicted octanol–water partition coefficient (Wildman–Crippen LogP) is 2.79. The molecule has 0 fully saturated rings. The standard InChI is InChI=1S/C14H19ClN4/c1-18(2)14-8-12(4-5-13(14)15)16-7-6-11-9-17-19(3)10-11/h4-5,8-10,16H,6-7H2,1-3H3. The first-order valence-electron chi connectivity index (χ1n) is 6.24. The van der Waals surface area contributed by atoms with Crippen LogP contribution in [0.15, 0.2) is 30.6 Å². The Morgan fingerprint density at radius 3 is 2.79 bits per heavy atom. The molecular weight excluding hydrogens is 260 g/mol. The zero-order chi connectivity index (χ0) is 13.8. The predicted molar refractivity (Wildman–Crippen MR) is 81.2 cm³/mol. The molecule has 2 rings (SSSR count). The summed E-state index contributed by atoms with van der Waals surface area (Å²) in [6, 6.07) is 5.98. The number of anilines is 2. The van der Waals surface area contributed by atoms with E-state index >= 15 is 0 Å². The summed E-state index contributed by atoms with van der Waals surface area (Å²) in [6.45, 7) is 0.875. The number of hydrogen-bond acceptors (Lipinski definition) is 3. The molecule has 0 radical (unpaired) electrons. The van der Waals surface area contributed by atoms with Crippen LogP contribution in [-0.4, -0.2) is 30.4 Å². The summed E-state index contributed by atoms with van der Waals surface area (Å²) in [6.07, 6.45) is 4.89. The second-order valence-corrected chi connectivity index (χ2v) is 5.17. The highest BCUT2D eigenvalue weighted by Crippen LogP contribution is 2.27. The van der Waals surface area contributed by atoms with Crippen molar-refractivity contribution in [3.63, 3.8) is 0 Å². The Kier molecular flexibility index (Phi) is 4.32. The van der Waals surface area contributed by atoms with Crippen molar-refractivity contribution in [1.29, 1.82) is 0 Å². The van der Waals surface area contributed by atoms with Gasteiger partial charge in [-0.25, -0.2) is 0 Å². The lowest BCUT2D eigenvalue weighted by Crippen LogP contribution is -2.10. The van der Waals surface area contributed by atoms with Gasteiger partial charge in [0.05, 0.1) is 16.9 Å². The quantitative estimate of drug-likeness (QED) is 0.913. The van der Waals surface area contributed by atoms with Gasteiger partial charge in [-0.15, -0.1) is 0 Å². The number of hydrogen-bond donors (Lipinski definition) is 1. The molecule has 0 bridgehead atoms. The zero-order valence-electron chi connectivity index (χ0n) is 11.5. The maximum absolute atomic E-state index is 6.14. The van der Waals surface area contributed by atoms with E-state index in [4.69, 9.17) is 11.6 Å². The van der Waals surface area contributed by atoms with Crippen molar-refractivity contribution in [2.24, 2.45) is 7.05 Å². The largest absolute Gasteiger partial charge is 0.385 e. The molecule has 5 heteroatoms. The summed E-state index contributed by atoms with van der Waals surface area (Å²) >= 11 is 6.14. The fraction of sp³-hybridized carbons (Fsp3) is 0.357. The molecule has 0 aliphatic rings. The Balaban J connectivity index is 1.94. The zero-order valence-corrected chi connectivity index (χ0v) is 12.3. The Labute approximate surface area is 119 Å². The van der Waals surface area contributed by atoms with Gasteiger partial charge in [0, 0.05) is 39.6 Å². The van der Waals surface area contributed by atoms with Crippen LogP contribution in [-0.2, 0) is 13.5 Å². The van der Waals surface area contributed by atoms with E-state index in [1.165, 1.54) is 5.56 Å². The lowest BCUT2D eigenvalue weighted by Gasteiger charge is -2.16. The van der Waals surface area contributed by atoms with Crippen molar-refractivity contribution in [1.82, 2.24) is 9.78 Å². The van der Waals surface area contributed by atoms with Crippen LogP contribution in [0, 0.1) is 0 Å². The molecule has 0 aliphatic carbocycles. The SMILES string of the molecule is CN(C)c1cc(NCCc2cnn(C)c2)ccc1Cl. The van der Waals surface area contributed by atoms with Crippen molar-refractivity contribution in [2.75, 3.05) is 30.9 Å². The molecule has 0 saturated heterocycles. The Morgan fingerprint density at radius 2 is 2.16 bits per heavy atom. The Bertz CT molecular complexity index is 548. The molecule has 102 valence electrons. The summed E-state index contributed by atoms with van der Waals surface area (Å²) in [5.74, 6) is 0. The van der Waals surface area contributed by atoms with Gasteiger partial charge in [0.2, 0.25) is 0 Å². The highest BCUT2D eigenvalue weighted by atomic mass is 35.5. The van der Waals surface area contributed by atoms with Crippen LogP contribution in [0.4, 0.5) is 11.4 Å². The van der Waals surface area contributed by atoms with Crippen molar-refractivity contribution < 1.29 is 0 Å². The lowest BCUT2D eigenvalue weighted by atomic mass is 10.2. The fourth-order valence-electron chi connectivity index (χ4n) is 1.92. The van der Waals surface area contributed by atoms with Gasteiger partial charge in [-0.1, -0.05) is 11.6 Å². The molecular formula is C14H19ClN4. The minimum Gasteiger partial charge on any atom is -0.385 e. The van der Waals surface area contributed by atoms with Crippen LogP contribution >= 0.6 is 11.6 Å². The van der Waals surface area contributed by atoms with E-state index in [-0.39, 0.29) is 0 Å². The second kappa shape index (κ2) is 5.97. The molecule has 1 aromatic heterocycles. The molecule has 19 heavy (non-hydrogen) atoms. The average Bonchev–Trinajstić information content (AvgIpc) is 2.77. The third-order valence-electron chi connectivity index (χ3n) is 2.93. The van der Waals surface area contributed by atoms with Crippen LogP contribution in [0.5, 0.6) is 0 Å². The lowest BCUT2D eigenvalue weighted by molar-refractivity contribution is 0.767. The molecule has 4 nitrogen and oxygen atoms in total. The number of aromatic nitrogens is 2. The van der Waals surface area contributed by atoms with Gasteiger partial charge in [-0.3, -0.25) is 4.68 Å². The molecule has 1 aromatic carbocycles. The van der Waals surface area contributed by atoms with Crippen molar-refractivity contribution in [3.05, 3.63) is 41.2 Å². The first kappa shape index (κ1) is 13.7. The molecule has 0 aliphatic heterocycles. The van der Waals surface area contributed by atoms with Gasteiger partial charge >= 0.3 is 0 Å². The van der Waals surface area contributed by atoms with Gasteiger partial charge in [0.25, 0.3) is 0 Å². The second-order valence-electron chi connectivity index (χ2n) is 4.76. The normalized spacial score (nSPS) is 10.5. The topological polar surface area (TPSA) is 33.1 Å². The minimum atomic E-state index is 0.766. The first-order valence-corrected chi connectivity index (χ1v) is 6.62. The number of aryl methyl sites for hydroxylation is 1. The Hall–Kier alpha value is -1.68. The van der Waals surface area contributed by atoms with E-state index in [0.717, 1.165) is 29.4 Å². The summed E-state index contributed by atoms with van der Waals surface area (Å²) in [5, 5.41) is 8.32. The highest BCUT2D eigenvalue weighted by Gasteiger charge is 2.04. The summed E-state index contributed by atoms with van der Waals surface area (Å²) in [7, 11) is 5.90. The Morgan fingerprint density at radius 1 is 1.37 bits per heavy atom. The minimum absolute atomic E-state index is 0.766. The molecule has 0 unspecified atom stereocenters. The van der Waals surface area contributed by atoms with Crippen LogP contribution in [0.25, 0.3) is 0 Å². The molecule has 1 heterocycles. The van der Waals surface area contributed by atoms with E-state index in [9.17, 15) is 0 Å². The van der Waals surface area contributed by atoms with Crippen molar-refractivity contribution in [2.45, 2.75) is 6.42 Å². The van der Waals surface area contributed by atoms with Crippen molar-refractivity contribution in [3.8, 4) is 0 Å². The van der Waals surface area contributed by atoms with Crippen LogP contribution < -0.4 is 10.2 Å². The molecule has 0 amide bonds. The van der Waals surface area contributed by atoms with E-state index in [2.05, 4.69) is 16.5 Å². The number of rotatable bonds is 5. The summed E-state index contributed by atoms with van der Waals surface area (Å²) in [4.78, 5) is 2.01.